The van der Waals surface area contributed by atoms with Crippen molar-refractivity contribution in [3.8, 4) is 11.5 Å². The van der Waals surface area contributed by atoms with Gasteiger partial charge in [0.2, 0.25) is 0 Å². The molecule has 0 aliphatic heterocycles. The standard InChI is InChI=1S/C19H28O5/c1-12(2)7-15(22)8-13(3)5-6-16-18(24-4)9-14(10-20)17(11-21)19(16)23/h5,7,9,15,20-23H,6,8,10-11H2,1-4H3/b13-5+/t15-/m1/s1. The smallest absolute Gasteiger partial charge is 0.128 e. The van der Waals surface area contributed by atoms with Crippen molar-refractivity contribution in [2.24, 2.45) is 0 Å². The third-order valence-corrected chi connectivity index (χ3v) is 3.82. The van der Waals surface area contributed by atoms with E-state index in [9.17, 15) is 20.4 Å². The number of ether oxygens (including phenoxy) is 1. The summed E-state index contributed by atoms with van der Waals surface area (Å²) in [7, 11) is 1.49. The van der Waals surface area contributed by atoms with Gasteiger partial charge in [-0.1, -0.05) is 23.3 Å². The maximum absolute atomic E-state index is 10.4. The molecule has 0 saturated heterocycles. The average Bonchev–Trinajstić information content (AvgIpc) is 2.51. The van der Waals surface area contributed by atoms with Crippen LogP contribution >= 0.6 is 0 Å². The van der Waals surface area contributed by atoms with Crippen LogP contribution in [0.15, 0.2) is 29.4 Å². The summed E-state index contributed by atoms with van der Waals surface area (Å²) in [5.74, 6) is 0.400. The van der Waals surface area contributed by atoms with E-state index in [0.29, 0.717) is 35.3 Å². The average molecular weight is 336 g/mol. The van der Waals surface area contributed by atoms with Crippen molar-refractivity contribution in [2.75, 3.05) is 7.11 Å². The number of aromatic hydroxyl groups is 1. The number of hydrogen-bond acceptors (Lipinski definition) is 5. The molecular weight excluding hydrogens is 308 g/mol. The van der Waals surface area contributed by atoms with Gasteiger partial charge in [0, 0.05) is 11.1 Å². The fraction of sp³-hybridized carbons (Fsp3) is 0.474. The van der Waals surface area contributed by atoms with Gasteiger partial charge in [0.1, 0.15) is 11.5 Å². The topological polar surface area (TPSA) is 90.2 Å². The van der Waals surface area contributed by atoms with Gasteiger partial charge in [-0.05, 0) is 45.2 Å². The summed E-state index contributed by atoms with van der Waals surface area (Å²) in [5.41, 5.74) is 3.34. The zero-order chi connectivity index (χ0) is 18.3. The summed E-state index contributed by atoms with van der Waals surface area (Å²) in [6, 6.07) is 1.63. The third-order valence-electron chi connectivity index (χ3n) is 3.82. The SMILES string of the molecule is COc1cc(CO)c(CO)c(O)c1C/C=C(\C)C[C@H](O)C=C(C)C. The molecule has 134 valence electrons. The molecular formula is C19H28O5. The normalized spacial score (nSPS) is 12.9. The summed E-state index contributed by atoms with van der Waals surface area (Å²) in [4.78, 5) is 0. The number of hydrogen-bond donors (Lipinski definition) is 4. The van der Waals surface area contributed by atoms with Gasteiger partial charge in [-0.25, -0.2) is 0 Å². The van der Waals surface area contributed by atoms with Crippen LogP contribution in [0.4, 0.5) is 0 Å². The molecule has 0 heterocycles. The summed E-state index contributed by atoms with van der Waals surface area (Å²) in [6.45, 7) is 5.14. The van der Waals surface area contributed by atoms with E-state index in [2.05, 4.69) is 0 Å². The zero-order valence-electron chi connectivity index (χ0n) is 14.8. The van der Waals surface area contributed by atoms with Gasteiger partial charge >= 0.3 is 0 Å². The minimum absolute atomic E-state index is 0.0604. The maximum atomic E-state index is 10.4. The summed E-state index contributed by atoms with van der Waals surface area (Å²) in [6.07, 6.45) is 4.09. The molecule has 0 saturated carbocycles. The minimum atomic E-state index is -0.536. The lowest BCUT2D eigenvalue weighted by Gasteiger charge is -2.16. The van der Waals surface area contributed by atoms with E-state index in [-0.39, 0.29) is 19.0 Å². The number of rotatable bonds is 8. The fourth-order valence-corrected chi connectivity index (χ4v) is 2.61. The molecule has 0 bridgehead atoms. The predicted molar refractivity (Wildman–Crippen MR) is 94.0 cm³/mol. The molecule has 0 amide bonds. The van der Waals surface area contributed by atoms with E-state index in [4.69, 9.17) is 4.74 Å². The number of allylic oxidation sites excluding steroid dienone is 2. The molecule has 0 aliphatic rings. The number of benzene rings is 1. The lowest BCUT2D eigenvalue weighted by Crippen LogP contribution is -2.04. The highest BCUT2D eigenvalue weighted by Crippen LogP contribution is 2.35. The van der Waals surface area contributed by atoms with Crippen molar-refractivity contribution >= 4 is 0 Å². The Kier molecular flexibility index (Phi) is 7.98. The molecule has 0 radical (unpaired) electrons. The Balaban J connectivity index is 3.06. The largest absolute Gasteiger partial charge is 0.507 e. The molecule has 24 heavy (non-hydrogen) atoms. The van der Waals surface area contributed by atoms with E-state index in [1.165, 1.54) is 7.11 Å². The quantitative estimate of drug-likeness (QED) is 0.548. The molecule has 0 spiro atoms. The monoisotopic (exact) mass is 336 g/mol. The Morgan fingerprint density at radius 2 is 1.83 bits per heavy atom. The molecule has 0 fully saturated rings. The van der Waals surface area contributed by atoms with Gasteiger partial charge in [0.05, 0.1) is 26.4 Å². The van der Waals surface area contributed by atoms with Crippen LogP contribution in [0.1, 0.15) is 43.9 Å². The Hall–Kier alpha value is -1.82. The number of aliphatic hydroxyl groups is 3. The van der Waals surface area contributed by atoms with Crippen LogP contribution < -0.4 is 4.74 Å². The van der Waals surface area contributed by atoms with Crippen LogP contribution in [-0.2, 0) is 19.6 Å². The lowest BCUT2D eigenvalue weighted by molar-refractivity contribution is 0.222. The van der Waals surface area contributed by atoms with Crippen LogP contribution in [0.2, 0.25) is 0 Å². The molecule has 0 unspecified atom stereocenters. The highest BCUT2D eigenvalue weighted by atomic mass is 16.5. The van der Waals surface area contributed by atoms with Crippen molar-refractivity contribution < 1.29 is 25.2 Å². The maximum Gasteiger partial charge on any atom is 0.128 e. The van der Waals surface area contributed by atoms with E-state index >= 15 is 0 Å². The van der Waals surface area contributed by atoms with Crippen molar-refractivity contribution in [3.63, 3.8) is 0 Å². The number of aliphatic hydroxyl groups excluding tert-OH is 3. The zero-order valence-corrected chi connectivity index (χ0v) is 14.8. The highest BCUT2D eigenvalue weighted by molar-refractivity contribution is 5.54. The van der Waals surface area contributed by atoms with Gasteiger partial charge in [0.15, 0.2) is 0 Å². The Labute approximate surface area is 143 Å². The number of methoxy groups -OCH3 is 1. The Morgan fingerprint density at radius 3 is 2.33 bits per heavy atom. The molecule has 1 aromatic carbocycles. The molecule has 5 nitrogen and oxygen atoms in total. The van der Waals surface area contributed by atoms with Crippen LogP contribution in [0.3, 0.4) is 0 Å². The fourth-order valence-electron chi connectivity index (χ4n) is 2.61. The molecule has 1 atom stereocenters. The first-order valence-corrected chi connectivity index (χ1v) is 7.95. The van der Waals surface area contributed by atoms with Gasteiger partial charge in [0.25, 0.3) is 0 Å². The van der Waals surface area contributed by atoms with Crippen LogP contribution in [0.5, 0.6) is 11.5 Å². The van der Waals surface area contributed by atoms with Gasteiger partial charge < -0.3 is 25.2 Å². The van der Waals surface area contributed by atoms with Gasteiger partial charge in [-0.3, -0.25) is 0 Å². The molecule has 5 heteroatoms. The van der Waals surface area contributed by atoms with Gasteiger partial charge in [-0.2, -0.15) is 0 Å². The van der Waals surface area contributed by atoms with Crippen molar-refractivity contribution in [1.29, 1.82) is 0 Å². The van der Waals surface area contributed by atoms with Crippen molar-refractivity contribution in [3.05, 3.63) is 46.1 Å². The molecule has 1 aromatic rings. The molecule has 0 aliphatic carbocycles. The Bertz CT molecular complexity index is 613. The first-order chi connectivity index (χ1) is 11.3. The second-order valence-corrected chi connectivity index (χ2v) is 6.13. The van der Waals surface area contributed by atoms with E-state index in [1.54, 1.807) is 12.1 Å². The van der Waals surface area contributed by atoms with Gasteiger partial charge in [-0.15, -0.1) is 0 Å². The molecule has 0 aromatic heterocycles. The lowest BCUT2D eigenvalue weighted by atomic mass is 9.98. The predicted octanol–water partition coefficient (Wildman–Crippen LogP) is 2.59. The third kappa shape index (κ3) is 5.37. The van der Waals surface area contributed by atoms with Crippen LogP contribution in [0, 0.1) is 0 Å². The van der Waals surface area contributed by atoms with E-state index in [0.717, 1.165) is 11.1 Å². The molecule has 4 N–H and O–H groups in total. The summed E-state index contributed by atoms with van der Waals surface area (Å²) in [5, 5.41) is 39.1. The van der Waals surface area contributed by atoms with Crippen molar-refractivity contribution in [2.45, 2.75) is 52.9 Å². The first kappa shape index (κ1) is 20.2. The summed E-state index contributed by atoms with van der Waals surface area (Å²) < 4.78 is 5.29. The molecule has 1 rings (SSSR count). The van der Waals surface area contributed by atoms with E-state index in [1.807, 2.05) is 26.8 Å². The Morgan fingerprint density at radius 1 is 1.17 bits per heavy atom. The van der Waals surface area contributed by atoms with Crippen LogP contribution in [-0.4, -0.2) is 33.6 Å². The number of phenols is 1. The first-order valence-electron chi connectivity index (χ1n) is 7.95. The van der Waals surface area contributed by atoms with Crippen molar-refractivity contribution in [1.82, 2.24) is 0 Å². The van der Waals surface area contributed by atoms with Crippen LogP contribution in [0.25, 0.3) is 0 Å². The minimum Gasteiger partial charge on any atom is -0.507 e. The summed E-state index contributed by atoms with van der Waals surface area (Å²) >= 11 is 0. The highest BCUT2D eigenvalue weighted by Gasteiger charge is 2.17. The second-order valence-electron chi connectivity index (χ2n) is 6.13. The van der Waals surface area contributed by atoms with E-state index < -0.39 is 6.10 Å². The second kappa shape index (κ2) is 9.47.